The maximum atomic E-state index is 13.1. The molecule has 14 heavy (non-hydrogen) atoms. The average Bonchev–Trinajstić information content (AvgIpc) is 2.54. The van der Waals surface area contributed by atoms with Crippen molar-refractivity contribution in [2.24, 2.45) is 5.92 Å². The van der Waals surface area contributed by atoms with Crippen molar-refractivity contribution in [2.45, 2.75) is 38.2 Å². The number of imidazole rings is 1. The van der Waals surface area contributed by atoms with Crippen LogP contribution in [0.5, 0.6) is 0 Å². The maximum Gasteiger partial charge on any atom is 0.248 e. The highest BCUT2D eigenvalue weighted by Gasteiger charge is 2.35. The van der Waals surface area contributed by atoms with Crippen molar-refractivity contribution < 1.29 is 8.78 Å². The monoisotopic (exact) mass is 200 g/mol. The first kappa shape index (κ1) is 9.62. The lowest BCUT2D eigenvalue weighted by Crippen LogP contribution is -2.28. The van der Waals surface area contributed by atoms with Gasteiger partial charge in [-0.1, -0.05) is 0 Å². The SMILES string of the molecule is FC1(F)CCCC(Cn2ccnc2)C1. The first-order chi connectivity index (χ1) is 6.66. The van der Waals surface area contributed by atoms with Gasteiger partial charge in [-0.2, -0.15) is 0 Å². The van der Waals surface area contributed by atoms with Crippen LogP contribution in [0.2, 0.25) is 0 Å². The third-order valence-electron chi connectivity index (χ3n) is 2.77. The molecule has 1 aliphatic rings. The van der Waals surface area contributed by atoms with Crippen molar-refractivity contribution in [2.75, 3.05) is 0 Å². The number of aromatic nitrogens is 2. The van der Waals surface area contributed by atoms with Crippen LogP contribution in [0.4, 0.5) is 8.78 Å². The minimum Gasteiger partial charge on any atom is -0.337 e. The highest BCUT2D eigenvalue weighted by atomic mass is 19.3. The van der Waals surface area contributed by atoms with Gasteiger partial charge in [-0.25, -0.2) is 13.8 Å². The Morgan fingerprint density at radius 1 is 1.50 bits per heavy atom. The molecule has 0 spiro atoms. The van der Waals surface area contributed by atoms with Crippen LogP contribution in [-0.4, -0.2) is 15.5 Å². The zero-order chi connectivity index (χ0) is 10.0. The smallest absolute Gasteiger partial charge is 0.248 e. The van der Waals surface area contributed by atoms with Crippen molar-refractivity contribution in [1.82, 2.24) is 9.55 Å². The summed E-state index contributed by atoms with van der Waals surface area (Å²) in [6.07, 6.45) is 6.85. The fourth-order valence-corrected chi connectivity index (χ4v) is 2.12. The van der Waals surface area contributed by atoms with E-state index >= 15 is 0 Å². The molecule has 1 aliphatic carbocycles. The Kier molecular flexibility index (Phi) is 2.52. The van der Waals surface area contributed by atoms with Gasteiger partial charge in [-0.15, -0.1) is 0 Å². The van der Waals surface area contributed by atoms with Crippen molar-refractivity contribution in [3.05, 3.63) is 18.7 Å². The van der Waals surface area contributed by atoms with Crippen molar-refractivity contribution in [3.8, 4) is 0 Å². The van der Waals surface area contributed by atoms with E-state index in [2.05, 4.69) is 4.98 Å². The minimum absolute atomic E-state index is 0.0329. The summed E-state index contributed by atoms with van der Waals surface area (Å²) in [5.74, 6) is -2.34. The van der Waals surface area contributed by atoms with Gasteiger partial charge in [0.25, 0.3) is 0 Å². The van der Waals surface area contributed by atoms with Crippen LogP contribution in [0.1, 0.15) is 25.7 Å². The summed E-state index contributed by atoms with van der Waals surface area (Å²) < 4.78 is 28.0. The Balaban J connectivity index is 1.92. The van der Waals surface area contributed by atoms with Crippen molar-refractivity contribution in [3.63, 3.8) is 0 Å². The summed E-state index contributed by atoms with van der Waals surface area (Å²) in [6, 6.07) is 0. The third kappa shape index (κ3) is 2.30. The second kappa shape index (κ2) is 3.67. The summed E-state index contributed by atoms with van der Waals surface area (Å²) in [5, 5.41) is 0. The molecule has 0 aromatic carbocycles. The lowest BCUT2D eigenvalue weighted by atomic mass is 9.86. The number of rotatable bonds is 2. The van der Waals surface area contributed by atoms with Gasteiger partial charge in [0.15, 0.2) is 0 Å². The van der Waals surface area contributed by atoms with Crippen LogP contribution in [0, 0.1) is 5.92 Å². The van der Waals surface area contributed by atoms with E-state index in [0.29, 0.717) is 13.0 Å². The quantitative estimate of drug-likeness (QED) is 0.717. The predicted molar refractivity (Wildman–Crippen MR) is 49.1 cm³/mol. The Labute approximate surface area is 82.0 Å². The molecule has 0 saturated heterocycles. The van der Waals surface area contributed by atoms with E-state index in [1.807, 2.05) is 10.8 Å². The predicted octanol–water partition coefficient (Wildman–Crippen LogP) is 2.71. The highest BCUT2D eigenvalue weighted by molar-refractivity contribution is 4.81. The minimum atomic E-state index is -2.44. The lowest BCUT2D eigenvalue weighted by molar-refractivity contribution is -0.0547. The van der Waals surface area contributed by atoms with Gasteiger partial charge in [0.05, 0.1) is 6.33 Å². The molecule has 1 atom stereocenters. The Bertz CT molecular complexity index is 282. The van der Waals surface area contributed by atoms with E-state index < -0.39 is 5.92 Å². The third-order valence-corrected chi connectivity index (χ3v) is 2.77. The van der Waals surface area contributed by atoms with Crippen molar-refractivity contribution in [1.29, 1.82) is 0 Å². The molecule has 0 amide bonds. The standard InChI is InChI=1S/C10H14F2N2/c11-10(12)3-1-2-9(6-10)7-14-5-4-13-8-14/h4-5,8-9H,1-3,6-7H2. The molecular weight excluding hydrogens is 186 g/mol. The van der Waals surface area contributed by atoms with Gasteiger partial charge in [0.1, 0.15) is 0 Å². The molecule has 1 fully saturated rings. The molecule has 1 saturated carbocycles. The van der Waals surface area contributed by atoms with Gasteiger partial charge < -0.3 is 4.57 Å². The summed E-state index contributed by atoms with van der Waals surface area (Å²) in [5.41, 5.74) is 0. The molecule has 0 aliphatic heterocycles. The summed E-state index contributed by atoms with van der Waals surface area (Å²) in [7, 11) is 0. The van der Waals surface area contributed by atoms with Gasteiger partial charge in [0.2, 0.25) is 5.92 Å². The van der Waals surface area contributed by atoms with Crippen LogP contribution in [0.3, 0.4) is 0 Å². The summed E-state index contributed by atoms with van der Waals surface area (Å²) in [6.45, 7) is 0.676. The van der Waals surface area contributed by atoms with Gasteiger partial charge in [-0.3, -0.25) is 0 Å². The molecule has 0 radical (unpaired) electrons. The van der Waals surface area contributed by atoms with E-state index in [9.17, 15) is 8.78 Å². The van der Waals surface area contributed by atoms with E-state index in [1.165, 1.54) is 0 Å². The van der Waals surface area contributed by atoms with E-state index in [-0.39, 0.29) is 18.8 Å². The molecule has 2 rings (SSSR count). The summed E-state index contributed by atoms with van der Waals surface area (Å²) >= 11 is 0. The first-order valence-corrected chi connectivity index (χ1v) is 4.99. The zero-order valence-corrected chi connectivity index (χ0v) is 8.00. The van der Waals surface area contributed by atoms with Crippen LogP contribution in [0.25, 0.3) is 0 Å². The number of hydrogen-bond donors (Lipinski definition) is 0. The Morgan fingerprint density at radius 3 is 3.00 bits per heavy atom. The first-order valence-electron chi connectivity index (χ1n) is 4.99. The molecule has 1 aromatic rings. The second-order valence-corrected chi connectivity index (χ2v) is 4.08. The molecule has 78 valence electrons. The normalized spacial score (nSPS) is 26.3. The van der Waals surface area contributed by atoms with Gasteiger partial charge in [0, 0.05) is 31.8 Å². The molecule has 2 nitrogen and oxygen atoms in total. The molecule has 0 bridgehead atoms. The van der Waals surface area contributed by atoms with E-state index in [0.717, 1.165) is 6.42 Å². The molecule has 1 aromatic heterocycles. The van der Waals surface area contributed by atoms with Crippen LogP contribution in [0.15, 0.2) is 18.7 Å². The van der Waals surface area contributed by atoms with Gasteiger partial charge in [-0.05, 0) is 18.8 Å². The molecule has 1 unspecified atom stereocenters. The number of halogens is 2. The van der Waals surface area contributed by atoms with Crippen molar-refractivity contribution >= 4 is 0 Å². The maximum absolute atomic E-state index is 13.1. The Hall–Kier alpha value is -0.930. The average molecular weight is 200 g/mol. The van der Waals surface area contributed by atoms with E-state index in [1.54, 1.807) is 12.5 Å². The summed E-state index contributed by atoms with van der Waals surface area (Å²) in [4.78, 5) is 3.90. The fourth-order valence-electron chi connectivity index (χ4n) is 2.12. The molecular formula is C10H14F2N2. The van der Waals surface area contributed by atoms with E-state index in [4.69, 9.17) is 0 Å². The fraction of sp³-hybridized carbons (Fsp3) is 0.700. The number of alkyl halides is 2. The topological polar surface area (TPSA) is 17.8 Å². The molecule has 4 heteroatoms. The highest BCUT2D eigenvalue weighted by Crippen LogP contribution is 2.37. The molecule has 0 N–H and O–H groups in total. The zero-order valence-electron chi connectivity index (χ0n) is 8.00. The Morgan fingerprint density at radius 2 is 2.36 bits per heavy atom. The van der Waals surface area contributed by atoms with Gasteiger partial charge >= 0.3 is 0 Å². The largest absolute Gasteiger partial charge is 0.337 e. The second-order valence-electron chi connectivity index (χ2n) is 4.08. The van der Waals surface area contributed by atoms with Crippen LogP contribution in [-0.2, 0) is 6.54 Å². The van der Waals surface area contributed by atoms with Crippen LogP contribution >= 0.6 is 0 Å². The lowest BCUT2D eigenvalue weighted by Gasteiger charge is -2.28. The van der Waals surface area contributed by atoms with Crippen LogP contribution < -0.4 is 0 Å². The number of hydrogen-bond acceptors (Lipinski definition) is 1. The molecule has 1 heterocycles. The number of nitrogens with zero attached hydrogens (tertiary/aromatic N) is 2.